The molecule has 2 rings (SSSR count). The summed E-state index contributed by atoms with van der Waals surface area (Å²) in [5, 5.41) is 14.5. The first-order chi connectivity index (χ1) is 15.1. The average Bonchev–Trinajstić information content (AvgIpc) is 3.01. The molecule has 7 nitrogen and oxygen atoms in total. The molecule has 172 valence electrons. The van der Waals surface area contributed by atoms with E-state index in [1.54, 1.807) is 7.11 Å². The molecule has 0 bridgehead atoms. The van der Waals surface area contributed by atoms with Crippen LogP contribution in [0.3, 0.4) is 0 Å². The number of carbonyl (C=O) groups excluding carboxylic acids is 1. The molecule has 1 amide bonds. The normalized spacial score (nSPS) is 12.9. The minimum absolute atomic E-state index is 0.00753. The lowest BCUT2D eigenvalue weighted by Crippen LogP contribution is -2.30. The number of hydrogen-bond donors (Lipinski definition) is 2. The van der Waals surface area contributed by atoms with E-state index in [-0.39, 0.29) is 30.5 Å². The Morgan fingerprint density at radius 3 is 2.72 bits per heavy atom. The molecule has 0 saturated carbocycles. The van der Waals surface area contributed by atoms with E-state index in [1.165, 1.54) is 18.3 Å². The smallest absolute Gasteiger partial charge is 0.383 e. The molecular weight excluding hydrogens is 423 g/mol. The van der Waals surface area contributed by atoms with E-state index in [0.717, 1.165) is 23.0 Å². The number of alkyl halides is 3. The highest BCUT2D eigenvalue weighted by Crippen LogP contribution is 2.33. The van der Waals surface area contributed by atoms with Gasteiger partial charge in [-0.3, -0.25) is 4.79 Å². The zero-order valence-corrected chi connectivity index (χ0v) is 18.4. The summed E-state index contributed by atoms with van der Waals surface area (Å²) in [7, 11) is 1.62. The van der Waals surface area contributed by atoms with E-state index < -0.39 is 17.6 Å². The van der Waals surface area contributed by atoms with Crippen molar-refractivity contribution in [1.82, 2.24) is 14.9 Å². The monoisotopic (exact) mass is 449 g/mol. The molecule has 2 heterocycles. The number of pyridine rings is 1. The maximum Gasteiger partial charge on any atom is 0.419 e. The minimum Gasteiger partial charge on any atom is -0.383 e. The third kappa shape index (κ3) is 6.11. The van der Waals surface area contributed by atoms with Crippen molar-refractivity contribution >= 4 is 17.8 Å². The first-order valence-electron chi connectivity index (χ1n) is 9.93. The number of carbonyl (C=O) groups is 1. The van der Waals surface area contributed by atoms with Crippen molar-refractivity contribution in [2.45, 2.75) is 33.0 Å². The number of ether oxygens (including phenoxy) is 1. The predicted molar refractivity (Wildman–Crippen MR) is 115 cm³/mol. The van der Waals surface area contributed by atoms with Crippen LogP contribution in [0.5, 0.6) is 0 Å². The van der Waals surface area contributed by atoms with Gasteiger partial charge in [0.05, 0.1) is 18.2 Å². The number of aryl methyl sites for hydroxylation is 1. The summed E-state index contributed by atoms with van der Waals surface area (Å²) in [4.78, 5) is 16.1. The first-order valence-corrected chi connectivity index (χ1v) is 9.93. The third-order valence-corrected chi connectivity index (χ3v) is 4.85. The van der Waals surface area contributed by atoms with E-state index in [0.29, 0.717) is 6.61 Å². The van der Waals surface area contributed by atoms with Gasteiger partial charge in [-0.1, -0.05) is 0 Å². The van der Waals surface area contributed by atoms with Crippen LogP contribution in [0.2, 0.25) is 0 Å². The first kappa shape index (κ1) is 24.9. The van der Waals surface area contributed by atoms with Crippen molar-refractivity contribution < 1.29 is 22.7 Å². The highest BCUT2D eigenvalue weighted by molar-refractivity contribution is 6.01. The summed E-state index contributed by atoms with van der Waals surface area (Å²) >= 11 is 0. The molecule has 0 fully saturated rings. The van der Waals surface area contributed by atoms with Gasteiger partial charge in [0.25, 0.3) is 5.91 Å². The van der Waals surface area contributed by atoms with Crippen molar-refractivity contribution in [1.29, 1.82) is 5.26 Å². The summed E-state index contributed by atoms with van der Waals surface area (Å²) in [5.41, 5.74) is 1.61. The van der Waals surface area contributed by atoms with Gasteiger partial charge in [-0.2, -0.15) is 18.4 Å². The standard InChI is InChI=1S/C22H26F3N5O2/c1-14-10-17(16(3)30(14)15(2)13-32-4)11-18(12-26)21(31)29-9-8-28-20-19(22(23,24)25)6-5-7-27-20/h5-7,10-11,15H,8-9,13H2,1-4H3,(H,27,28)(H,29,31)/b18-11+. The van der Waals surface area contributed by atoms with Gasteiger partial charge in [-0.25, -0.2) is 4.98 Å². The van der Waals surface area contributed by atoms with Crippen LogP contribution < -0.4 is 10.6 Å². The summed E-state index contributed by atoms with van der Waals surface area (Å²) < 4.78 is 46.3. The number of hydrogen-bond acceptors (Lipinski definition) is 5. The quantitative estimate of drug-likeness (QED) is 0.345. The lowest BCUT2D eigenvalue weighted by Gasteiger charge is -2.17. The number of aromatic nitrogens is 2. The van der Waals surface area contributed by atoms with Crippen LogP contribution in [-0.2, 0) is 15.7 Å². The van der Waals surface area contributed by atoms with Gasteiger partial charge in [0.15, 0.2) is 0 Å². The zero-order valence-electron chi connectivity index (χ0n) is 18.4. The highest BCUT2D eigenvalue weighted by Gasteiger charge is 2.33. The molecule has 2 aromatic rings. The fourth-order valence-electron chi connectivity index (χ4n) is 3.47. The maximum atomic E-state index is 13.0. The number of amides is 1. The molecule has 0 aromatic carbocycles. The summed E-state index contributed by atoms with van der Waals surface area (Å²) in [6.07, 6.45) is -1.79. The van der Waals surface area contributed by atoms with E-state index in [2.05, 4.69) is 20.2 Å². The van der Waals surface area contributed by atoms with Gasteiger partial charge in [-0.05, 0) is 50.6 Å². The molecule has 32 heavy (non-hydrogen) atoms. The van der Waals surface area contributed by atoms with Crippen LogP contribution in [0.1, 0.15) is 35.5 Å². The molecule has 0 aliphatic rings. The fraction of sp³-hybridized carbons (Fsp3) is 0.409. The molecule has 10 heteroatoms. The molecule has 2 aromatic heterocycles. The number of nitrogens with zero attached hydrogens (tertiary/aromatic N) is 3. The molecule has 2 N–H and O–H groups in total. The molecule has 0 aliphatic carbocycles. The Labute approximate surface area is 184 Å². The third-order valence-electron chi connectivity index (χ3n) is 4.85. The maximum absolute atomic E-state index is 13.0. The number of methoxy groups -OCH3 is 1. The minimum atomic E-state index is -4.54. The predicted octanol–water partition coefficient (Wildman–Crippen LogP) is 3.86. The Bertz CT molecular complexity index is 1020. The Kier molecular flexibility index (Phi) is 8.43. The highest BCUT2D eigenvalue weighted by atomic mass is 19.4. The summed E-state index contributed by atoms with van der Waals surface area (Å²) in [6.45, 7) is 6.37. The summed E-state index contributed by atoms with van der Waals surface area (Å²) in [5.74, 6) is -0.927. The van der Waals surface area contributed by atoms with Crippen LogP contribution in [0, 0.1) is 25.2 Å². The van der Waals surface area contributed by atoms with Crippen molar-refractivity contribution in [3.8, 4) is 6.07 Å². The van der Waals surface area contributed by atoms with Gasteiger partial charge >= 0.3 is 6.18 Å². The van der Waals surface area contributed by atoms with E-state index in [9.17, 15) is 23.2 Å². The van der Waals surface area contributed by atoms with Gasteiger partial charge in [-0.15, -0.1) is 0 Å². The van der Waals surface area contributed by atoms with Crippen LogP contribution in [0.15, 0.2) is 30.0 Å². The number of nitrogens with one attached hydrogen (secondary N) is 2. The Hall–Kier alpha value is -3.32. The SMILES string of the molecule is COCC(C)n1c(C)cc(/C=C(\C#N)C(=O)NCCNc2ncccc2C(F)(F)F)c1C. The lowest BCUT2D eigenvalue weighted by atomic mass is 10.1. The number of anilines is 1. The van der Waals surface area contributed by atoms with Gasteiger partial charge in [0, 0.05) is 37.8 Å². The number of halogens is 3. The van der Waals surface area contributed by atoms with Crippen LogP contribution >= 0.6 is 0 Å². The zero-order chi connectivity index (χ0) is 23.9. The second-order valence-corrected chi connectivity index (χ2v) is 7.25. The Morgan fingerprint density at radius 1 is 1.38 bits per heavy atom. The average molecular weight is 449 g/mol. The van der Waals surface area contributed by atoms with Crippen molar-refractivity contribution in [3.63, 3.8) is 0 Å². The number of nitriles is 1. The van der Waals surface area contributed by atoms with Crippen LogP contribution in [-0.4, -0.2) is 42.3 Å². The largest absolute Gasteiger partial charge is 0.419 e. The second kappa shape index (κ2) is 10.8. The van der Waals surface area contributed by atoms with E-state index in [4.69, 9.17) is 4.74 Å². The lowest BCUT2D eigenvalue weighted by molar-refractivity contribution is -0.137. The fourth-order valence-corrected chi connectivity index (χ4v) is 3.47. The Balaban J connectivity index is 2.04. The molecule has 0 radical (unpaired) electrons. The molecule has 0 aliphatic heterocycles. The van der Waals surface area contributed by atoms with E-state index in [1.807, 2.05) is 32.9 Å². The van der Waals surface area contributed by atoms with Gasteiger partial charge in [0.1, 0.15) is 17.5 Å². The topological polar surface area (TPSA) is 92.0 Å². The van der Waals surface area contributed by atoms with Gasteiger partial charge in [0.2, 0.25) is 0 Å². The molecule has 0 spiro atoms. The second-order valence-electron chi connectivity index (χ2n) is 7.25. The number of rotatable bonds is 9. The van der Waals surface area contributed by atoms with Gasteiger partial charge < -0.3 is 19.9 Å². The molecule has 1 unspecified atom stereocenters. The van der Waals surface area contributed by atoms with Crippen molar-refractivity contribution in [2.75, 3.05) is 32.1 Å². The molecular formula is C22H26F3N5O2. The van der Waals surface area contributed by atoms with Crippen molar-refractivity contribution in [3.05, 3.63) is 52.5 Å². The summed E-state index contributed by atoms with van der Waals surface area (Å²) in [6, 6.07) is 5.97. The Morgan fingerprint density at radius 2 is 2.09 bits per heavy atom. The molecule has 0 saturated heterocycles. The van der Waals surface area contributed by atoms with Crippen LogP contribution in [0.4, 0.5) is 19.0 Å². The van der Waals surface area contributed by atoms with E-state index >= 15 is 0 Å². The van der Waals surface area contributed by atoms with Crippen LogP contribution in [0.25, 0.3) is 6.08 Å². The molecule has 1 atom stereocenters. The van der Waals surface area contributed by atoms with Crippen molar-refractivity contribution in [2.24, 2.45) is 0 Å².